The van der Waals surface area contributed by atoms with Gasteiger partial charge in [-0.05, 0) is 42.5 Å². The van der Waals surface area contributed by atoms with Crippen molar-refractivity contribution in [1.29, 1.82) is 0 Å². The van der Waals surface area contributed by atoms with E-state index in [4.69, 9.17) is 23.7 Å². The van der Waals surface area contributed by atoms with Gasteiger partial charge in [0.1, 0.15) is 5.75 Å². The van der Waals surface area contributed by atoms with Crippen molar-refractivity contribution in [1.82, 2.24) is 0 Å². The number of allylic oxidation sites excluding steroid dienone is 1. The Kier molecular flexibility index (Phi) is 4.79. The van der Waals surface area contributed by atoms with E-state index < -0.39 is 0 Å². The lowest BCUT2D eigenvalue weighted by molar-refractivity contribution is 0.104. The molecule has 2 aromatic carbocycles. The fourth-order valence-electron chi connectivity index (χ4n) is 2.54. The number of hydrogen-bond acceptors (Lipinski definition) is 6. The van der Waals surface area contributed by atoms with Crippen molar-refractivity contribution in [3.63, 3.8) is 0 Å². The summed E-state index contributed by atoms with van der Waals surface area (Å²) in [5, 5.41) is 0. The lowest BCUT2D eigenvalue weighted by Gasteiger charge is -2.11. The van der Waals surface area contributed by atoms with E-state index in [1.54, 1.807) is 50.6 Å². The Bertz CT molecular complexity index is 808. The minimum Gasteiger partial charge on any atom is -0.497 e. The first kappa shape index (κ1) is 16.7. The first-order chi connectivity index (χ1) is 12.2. The van der Waals surface area contributed by atoms with E-state index in [-0.39, 0.29) is 12.6 Å². The Morgan fingerprint density at radius 1 is 1.00 bits per heavy atom. The maximum absolute atomic E-state index is 12.3. The predicted molar refractivity (Wildman–Crippen MR) is 92.0 cm³/mol. The van der Waals surface area contributed by atoms with E-state index in [2.05, 4.69) is 0 Å². The molecule has 0 fully saturated rings. The molecule has 0 saturated carbocycles. The van der Waals surface area contributed by atoms with Crippen LogP contribution in [-0.2, 0) is 0 Å². The highest BCUT2D eigenvalue weighted by Crippen LogP contribution is 2.49. The zero-order valence-electron chi connectivity index (χ0n) is 14.2. The van der Waals surface area contributed by atoms with Gasteiger partial charge in [-0.2, -0.15) is 0 Å². The van der Waals surface area contributed by atoms with Gasteiger partial charge in [-0.1, -0.05) is 0 Å². The third kappa shape index (κ3) is 3.24. The van der Waals surface area contributed by atoms with Gasteiger partial charge in [-0.15, -0.1) is 0 Å². The number of benzene rings is 2. The monoisotopic (exact) mass is 342 g/mol. The summed E-state index contributed by atoms with van der Waals surface area (Å²) in [6.07, 6.45) is 3.14. The molecule has 0 bridgehead atoms. The van der Waals surface area contributed by atoms with Crippen LogP contribution in [0, 0.1) is 0 Å². The highest BCUT2D eigenvalue weighted by Gasteiger charge is 2.26. The number of methoxy groups -OCH3 is 3. The highest BCUT2D eigenvalue weighted by molar-refractivity contribution is 6.07. The van der Waals surface area contributed by atoms with Gasteiger partial charge in [0.15, 0.2) is 17.3 Å². The number of carbonyl (C=O) groups is 1. The number of ketones is 1. The Labute approximate surface area is 145 Å². The lowest BCUT2D eigenvalue weighted by Crippen LogP contribution is -1.96. The summed E-state index contributed by atoms with van der Waals surface area (Å²) < 4.78 is 26.7. The molecule has 0 spiro atoms. The van der Waals surface area contributed by atoms with Crippen LogP contribution in [0.4, 0.5) is 0 Å². The van der Waals surface area contributed by atoms with Crippen molar-refractivity contribution in [2.45, 2.75) is 0 Å². The molecule has 25 heavy (non-hydrogen) atoms. The zero-order valence-corrected chi connectivity index (χ0v) is 14.2. The van der Waals surface area contributed by atoms with Crippen molar-refractivity contribution < 1.29 is 28.5 Å². The first-order valence-corrected chi connectivity index (χ1v) is 7.59. The Morgan fingerprint density at radius 3 is 2.36 bits per heavy atom. The molecule has 2 aromatic rings. The quantitative estimate of drug-likeness (QED) is 0.593. The van der Waals surface area contributed by atoms with Gasteiger partial charge in [-0.25, -0.2) is 0 Å². The van der Waals surface area contributed by atoms with Crippen molar-refractivity contribution >= 4 is 11.9 Å². The fourth-order valence-corrected chi connectivity index (χ4v) is 2.54. The summed E-state index contributed by atoms with van der Waals surface area (Å²) >= 11 is 0. The van der Waals surface area contributed by atoms with Crippen LogP contribution in [-0.4, -0.2) is 33.9 Å². The van der Waals surface area contributed by atoms with Gasteiger partial charge in [0.2, 0.25) is 18.3 Å². The Balaban J connectivity index is 1.91. The summed E-state index contributed by atoms with van der Waals surface area (Å²) in [5.41, 5.74) is 1.22. The molecule has 0 amide bonds. The Morgan fingerprint density at radius 2 is 1.72 bits per heavy atom. The van der Waals surface area contributed by atoms with Crippen LogP contribution < -0.4 is 23.7 Å². The van der Waals surface area contributed by atoms with Crippen molar-refractivity contribution in [2.75, 3.05) is 28.1 Å². The molecular formula is C19H18O6. The molecule has 6 heteroatoms. The summed E-state index contributed by atoms with van der Waals surface area (Å²) in [7, 11) is 4.65. The predicted octanol–water partition coefficient (Wildman–Crippen LogP) is 3.34. The van der Waals surface area contributed by atoms with Gasteiger partial charge >= 0.3 is 0 Å². The maximum Gasteiger partial charge on any atom is 0.231 e. The number of hydrogen-bond donors (Lipinski definition) is 0. The second-order valence-electron chi connectivity index (χ2n) is 5.19. The van der Waals surface area contributed by atoms with Crippen molar-refractivity contribution in [2.24, 2.45) is 0 Å². The summed E-state index contributed by atoms with van der Waals surface area (Å²) in [4.78, 5) is 12.3. The fraction of sp³-hybridized carbons (Fsp3) is 0.211. The third-order valence-corrected chi connectivity index (χ3v) is 3.80. The van der Waals surface area contributed by atoms with Crippen molar-refractivity contribution in [3.05, 3.63) is 47.5 Å². The summed E-state index contributed by atoms with van der Waals surface area (Å²) in [5.74, 6) is 2.54. The molecule has 0 unspecified atom stereocenters. The molecule has 1 aliphatic heterocycles. The van der Waals surface area contributed by atoms with Gasteiger partial charge in [0.05, 0.1) is 21.3 Å². The third-order valence-electron chi connectivity index (χ3n) is 3.80. The smallest absolute Gasteiger partial charge is 0.231 e. The largest absolute Gasteiger partial charge is 0.497 e. The molecule has 6 nitrogen and oxygen atoms in total. The Hall–Kier alpha value is -3.15. The summed E-state index contributed by atoms with van der Waals surface area (Å²) in [6, 6.07) is 8.65. The SMILES string of the molecule is COc1ccc(C(=O)C=Cc2cc(OC)c3c(c2OC)OCO3)cc1. The van der Waals surface area contributed by atoms with E-state index in [1.165, 1.54) is 13.2 Å². The van der Waals surface area contributed by atoms with Gasteiger partial charge in [0, 0.05) is 11.1 Å². The van der Waals surface area contributed by atoms with E-state index in [9.17, 15) is 4.79 Å². The standard InChI is InChI=1S/C19H18O6/c1-21-14-7-4-12(5-8-14)15(20)9-6-13-10-16(22-2)18-19(17(13)23-3)25-11-24-18/h4-10H,11H2,1-3H3. The zero-order chi connectivity index (χ0) is 17.8. The maximum atomic E-state index is 12.3. The minimum atomic E-state index is -0.138. The number of ether oxygens (including phenoxy) is 5. The number of rotatable bonds is 6. The van der Waals surface area contributed by atoms with E-state index in [0.717, 1.165) is 0 Å². The molecule has 3 rings (SSSR count). The molecular weight excluding hydrogens is 324 g/mol. The minimum absolute atomic E-state index is 0.0972. The van der Waals surface area contributed by atoms with Crippen LogP contribution >= 0.6 is 0 Å². The van der Waals surface area contributed by atoms with Crippen LogP contribution in [0.15, 0.2) is 36.4 Å². The normalized spacial score (nSPS) is 12.3. The second-order valence-corrected chi connectivity index (χ2v) is 5.19. The van der Waals surface area contributed by atoms with Crippen LogP contribution in [0.3, 0.4) is 0 Å². The molecule has 0 aromatic heterocycles. The van der Waals surface area contributed by atoms with E-state index in [1.807, 2.05) is 0 Å². The van der Waals surface area contributed by atoms with Crippen molar-refractivity contribution in [3.8, 4) is 28.7 Å². The molecule has 0 atom stereocenters. The van der Waals surface area contributed by atoms with E-state index in [0.29, 0.717) is 39.9 Å². The molecule has 0 radical (unpaired) electrons. The van der Waals surface area contributed by atoms with Crippen LogP contribution in [0.1, 0.15) is 15.9 Å². The van der Waals surface area contributed by atoms with E-state index >= 15 is 0 Å². The molecule has 0 aliphatic carbocycles. The second kappa shape index (κ2) is 7.17. The molecule has 1 aliphatic rings. The average molecular weight is 342 g/mol. The number of carbonyl (C=O) groups excluding carboxylic acids is 1. The average Bonchev–Trinajstić information content (AvgIpc) is 3.14. The van der Waals surface area contributed by atoms with Crippen LogP contribution in [0.2, 0.25) is 0 Å². The van der Waals surface area contributed by atoms with Gasteiger partial charge in [-0.3, -0.25) is 4.79 Å². The summed E-state index contributed by atoms with van der Waals surface area (Å²) in [6.45, 7) is 0.0972. The lowest BCUT2D eigenvalue weighted by atomic mass is 10.1. The molecule has 0 N–H and O–H groups in total. The van der Waals surface area contributed by atoms with Gasteiger partial charge < -0.3 is 23.7 Å². The topological polar surface area (TPSA) is 63.2 Å². The molecule has 0 saturated heterocycles. The van der Waals surface area contributed by atoms with Crippen LogP contribution in [0.5, 0.6) is 28.7 Å². The molecule has 130 valence electrons. The molecule has 1 heterocycles. The van der Waals surface area contributed by atoms with Gasteiger partial charge in [0.25, 0.3) is 0 Å². The van der Waals surface area contributed by atoms with Crippen LogP contribution in [0.25, 0.3) is 6.08 Å². The number of fused-ring (bicyclic) bond motifs is 1. The highest BCUT2D eigenvalue weighted by atomic mass is 16.7. The first-order valence-electron chi connectivity index (χ1n) is 7.59.